The van der Waals surface area contributed by atoms with Crippen molar-refractivity contribution in [2.75, 3.05) is 5.75 Å². The lowest BCUT2D eigenvalue weighted by Gasteiger charge is -2.22. The standard InChI is InChI=1S/C10H15NO5S/c12-8(13)5-6(10(15)16)11-9(14)7-3-1-2-4-17-7/h6-7H,1-5H2,(H,11,14)(H,12,13)(H,15,16)/t6-,7?/m0/s1. The average Bonchev–Trinajstić information content (AvgIpc) is 2.28. The number of carboxylic acid groups (broad SMARTS) is 2. The number of thioether (sulfide) groups is 1. The van der Waals surface area contributed by atoms with E-state index in [9.17, 15) is 14.4 Å². The van der Waals surface area contributed by atoms with Crippen LogP contribution in [0, 0.1) is 0 Å². The van der Waals surface area contributed by atoms with Gasteiger partial charge < -0.3 is 15.5 Å². The van der Waals surface area contributed by atoms with Crippen LogP contribution in [0.4, 0.5) is 0 Å². The Balaban J connectivity index is 2.50. The molecule has 0 radical (unpaired) electrons. The third-order valence-corrected chi connectivity index (χ3v) is 3.84. The van der Waals surface area contributed by atoms with Gasteiger partial charge >= 0.3 is 11.9 Å². The molecular formula is C10H15NO5S. The first-order chi connectivity index (χ1) is 8.00. The van der Waals surface area contributed by atoms with Crippen molar-refractivity contribution in [3.63, 3.8) is 0 Å². The molecule has 3 N–H and O–H groups in total. The number of rotatable bonds is 5. The van der Waals surface area contributed by atoms with Crippen molar-refractivity contribution in [1.29, 1.82) is 0 Å². The van der Waals surface area contributed by atoms with E-state index in [2.05, 4.69) is 5.32 Å². The highest BCUT2D eigenvalue weighted by Gasteiger charge is 2.28. The highest BCUT2D eigenvalue weighted by Crippen LogP contribution is 2.25. The molecule has 0 spiro atoms. The number of carbonyl (C=O) groups is 3. The minimum absolute atomic E-state index is 0.251. The first-order valence-electron chi connectivity index (χ1n) is 5.37. The van der Waals surface area contributed by atoms with Gasteiger partial charge in [-0.25, -0.2) is 4.79 Å². The minimum atomic E-state index is -1.34. The van der Waals surface area contributed by atoms with Crippen LogP contribution in [-0.2, 0) is 14.4 Å². The molecule has 1 rings (SSSR count). The number of carboxylic acids is 2. The SMILES string of the molecule is O=C(O)C[C@H](NC(=O)C1CCCCS1)C(=O)O. The zero-order valence-electron chi connectivity index (χ0n) is 9.22. The summed E-state index contributed by atoms with van der Waals surface area (Å²) in [6, 6.07) is -1.34. The molecule has 0 aromatic rings. The Hall–Kier alpha value is -1.24. The predicted octanol–water partition coefficient (Wildman–Crippen LogP) is 0.316. The van der Waals surface area contributed by atoms with E-state index in [-0.39, 0.29) is 11.2 Å². The van der Waals surface area contributed by atoms with Gasteiger partial charge in [-0.1, -0.05) is 6.42 Å². The molecule has 1 amide bonds. The van der Waals surface area contributed by atoms with E-state index in [0.29, 0.717) is 0 Å². The van der Waals surface area contributed by atoms with E-state index in [0.717, 1.165) is 25.0 Å². The van der Waals surface area contributed by atoms with Crippen LogP contribution < -0.4 is 5.32 Å². The van der Waals surface area contributed by atoms with E-state index in [4.69, 9.17) is 10.2 Å². The first kappa shape index (κ1) is 13.8. The molecule has 7 heteroatoms. The highest BCUT2D eigenvalue weighted by molar-refractivity contribution is 8.00. The highest BCUT2D eigenvalue weighted by atomic mass is 32.2. The Bertz CT molecular complexity index is 314. The summed E-state index contributed by atoms with van der Waals surface area (Å²) in [5.41, 5.74) is 0. The smallest absolute Gasteiger partial charge is 0.326 e. The lowest BCUT2D eigenvalue weighted by Crippen LogP contribution is -2.46. The Kier molecular flexibility index (Phi) is 5.27. The molecule has 1 aliphatic rings. The van der Waals surface area contributed by atoms with E-state index < -0.39 is 24.4 Å². The number of aliphatic carboxylic acids is 2. The Morgan fingerprint density at radius 2 is 2.00 bits per heavy atom. The van der Waals surface area contributed by atoms with Crippen LogP contribution in [0.2, 0.25) is 0 Å². The zero-order valence-corrected chi connectivity index (χ0v) is 10.0. The number of carbonyl (C=O) groups excluding carboxylic acids is 1. The lowest BCUT2D eigenvalue weighted by atomic mass is 10.1. The molecule has 96 valence electrons. The van der Waals surface area contributed by atoms with E-state index in [1.54, 1.807) is 0 Å². The number of hydrogen-bond acceptors (Lipinski definition) is 4. The van der Waals surface area contributed by atoms with E-state index >= 15 is 0 Å². The average molecular weight is 261 g/mol. The molecule has 0 saturated carbocycles. The van der Waals surface area contributed by atoms with Crippen LogP contribution in [0.25, 0.3) is 0 Å². The summed E-state index contributed by atoms with van der Waals surface area (Å²) in [6.45, 7) is 0. The van der Waals surface area contributed by atoms with Crippen LogP contribution in [0.5, 0.6) is 0 Å². The van der Waals surface area contributed by atoms with Gasteiger partial charge in [0.2, 0.25) is 5.91 Å². The second-order valence-corrected chi connectivity index (χ2v) is 5.16. The van der Waals surface area contributed by atoms with Gasteiger partial charge in [0.25, 0.3) is 0 Å². The Labute approximate surface area is 103 Å². The molecule has 0 aromatic heterocycles. The van der Waals surface area contributed by atoms with Gasteiger partial charge in [0.1, 0.15) is 6.04 Å². The number of hydrogen-bond donors (Lipinski definition) is 3. The molecule has 0 aromatic carbocycles. The normalized spacial score (nSPS) is 21.5. The molecular weight excluding hydrogens is 246 g/mol. The summed E-state index contributed by atoms with van der Waals surface area (Å²) in [5.74, 6) is -2.05. The second-order valence-electron chi connectivity index (χ2n) is 3.85. The van der Waals surface area contributed by atoms with Gasteiger partial charge in [0.05, 0.1) is 11.7 Å². The molecule has 1 unspecified atom stereocenters. The largest absolute Gasteiger partial charge is 0.481 e. The fraction of sp³-hybridized carbons (Fsp3) is 0.700. The van der Waals surface area contributed by atoms with Crippen LogP contribution >= 0.6 is 11.8 Å². The number of amides is 1. The van der Waals surface area contributed by atoms with Gasteiger partial charge in [-0.15, -0.1) is 11.8 Å². The maximum atomic E-state index is 11.7. The fourth-order valence-electron chi connectivity index (χ4n) is 1.59. The van der Waals surface area contributed by atoms with Crippen molar-refractivity contribution in [3.8, 4) is 0 Å². The van der Waals surface area contributed by atoms with Gasteiger partial charge in [-0.3, -0.25) is 9.59 Å². The van der Waals surface area contributed by atoms with E-state index in [1.807, 2.05) is 0 Å². The maximum absolute atomic E-state index is 11.7. The molecule has 2 atom stereocenters. The van der Waals surface area contributed by atoms with E-state index in [1.165, 1.54) is 11.8 Å². The number of nitrogens with one attached hydrogen (secondary N) is 1. The molecule has 6 nitrogen and oxygen atoms in total. The molecule has 1 fully saturated rings. The molecule has 1 heterocycles. The molecule has 1 saturated heterocycles. The zero-order chi connectivity index (χ0) is 12.8. The lowest BCUT2D eigenvalue weighted by molar-refractivity contribution is -0.147. The van der Waals surface area contributed by atoms with Gasteiger partial charge in [0.15, 0.2) is 0 Å². The summed E-state index contributed by atoms with van der Waals surface area (Å²) >= 11 is 1.49. The first-order valence-corrected chi connectivity index (χ1v) is 6.42. The van der Waals surface area contributed by atoms with Crippen LogP contribution in [-0.4, -0.2) is 45.1 Å². The summed E-state index contributed by atoms with van der Waals surface area (Å²) in [6.07, 6.45) is 2.13. The third-order valence-electron chi connectivity index (χ3n) is 2.47. The van der Waals surface area contributed by atoms with Gasteiger partial charge in [0, 0.05) is 0 Å². The van der Waals surface area contributed by atoms with Gasteiger partial charge in [-0.2, -0.15) is 0 Å². The maximum Gasteiger partial charge on any atom is 0.326 e. The summed E-state index contributed by atoms with van der Waals surface area (Å²) in [5, 5.41) is 19.3. The quantitative estimate of drug-likeness (QED) is 0.658. The van der Waals surface area contributed by atoms with Crippen LogP contribution in [0.15, 0.2) is 0 Å². The Morgan fingerprint density at radius 3 is 2.47 bits per heavy atom. The van der Waals surface area contributed by atoms with Crippen LogP contribution in [0.1, 0.15) is 25.7 Å². The van der Waals surface area contributed by atoms with Crippen molar-refractivity contribution in [2.45, 2.75) is 37.0 Å². The molecule has 1 aliphatic heterocycles. The predicted molar refractivity (Wildman–Crippen MR) is 61.9 cm³/mol. The van der Waals surface area contributed by atoms with Crippen molar-refractivity contribution < 1.29 is 24.6 Å². The molecule has 17 heavy (non-hydrogen) atoms. The molecule has 0 bridgehead atoms. The molecule has 0 aliphatic carbocycles. The monoisotopic (exact) mass is 261 g/mol. The topological polar surface area (TPSA) is 104 Å². The summed E-state index contributed by atoms with van der Waals surface area (Å²) in [4.78, 5) is 32.9. The van der Waals surface area contributed by atoms with Crippen molar-refractivity contribution in [3.05, 3.63) is 0 Å². The summed E-state index contributed by atoms with van der Waals surface area (Å²) in [7, 11) is 0. The van der Waals surface area contributed by atoms with Gasteiger partial charge in [-0.05, 0) is 18.6 Å². The summed E-state index contributed by atoms with van der Waals surface area (Å²) < 4.78 is 0. The second kappa shape index (κ2) is 6.48. The third kappa shape index (κ3) is 4.64. The van der Waals surface area contributed by atoms with Crippen molar-refractivity contribution in [1.82, 2.24) is 5.32 Å². The van der Waals surface area contributed by atoms with Crippen molar-refractivity contribution in [2.24, 2.45) is 0 Å². The Morgan fingerprint density at radius 1 is 1.29 bits per heavy atom. The minimum Gasteiger partial charge on any atom is -0.481 e. The van der Waals surface area contributed by atoms with Crippen LogP contribution in [0.3, 0.4) is 0 Å². The van der Waals surface area contributed by atoms with Crippen molar-refractivity contribution >= 4 is 29.6 Å². The fourth-order valence-corrected chi connectivity index (χ4v) is 2.79.